The molecule has 1 aromatic heterocycles. The van der Waals surface area contributed by atoms with E-state index in [1.165, 1.54) is 27.8 Å². The summed E-state index contributed by atoms with van der Waals surface area (Å²) in [7, 11) is 0. The SMILES string of the molecule is C=C(CCCC)NC1CCc2c(C)c(F)cc3nc4c(c1c23)CN1C(=C)C2=C(C=C41)C(C)(CC)C(=C)CC2. The Morgan fingerprint density at radius 3 is 2.74 bits per heavy atom. The fraction of sp³-hybridized carbons (Fsp3) is 0.441. The minimum absolute atomic E-state index is 0.0685. The van der Waals surface area contributed by atoms with E-state index in [1.807, 2.05) is 6.92 Å². The van der Waals surface area contributed by atoms with E-state index in [2.05, 4.69) is 56.8 Å². The highest BCUT2D eigenvalue weighted by atomic mass is 19.1. The van der Waals surface area contributed by atoms with Crippen LogP contribution < -0.4 is 5.32 Å². The van der Waals surface area contributed by atoms with Gasteiger partial charge in [0.2, 0.25) is 0 Å². The third-order valence-corrected chi connectivity index (χ3v) is 9.88. The van der Waals surface area contributed by atoms with Gasteiger partial charge in [0, 0.05) is 33.8 Å². The molecule has 0 saturated carbocycles. The first-order valence-electron chi connectivity index (χ1n) is 14.4. The smallest absolute Gasteiger partial charge is 0.128 e. The standard InChI is InChI=1S/C34H40FN3/c1-8-10-11-20(4)36-28-15-14-23-21(5)27(35)17-29-31(23)32(28)25-18-38-22(6)24-13-12-19(3)34(7,9-2)26(24)16-30(38)33(25)37-29/h16-17,28,36H,3-4,6,8-15,18H2,1-2,5,7H3. The van der Waals surface area contributed by atoms with E-state index in [0.717, 1.165) is 103 Å². The van der Waals surface area contributed by atoms with E-state index in [0.29, 0.717) is 0 Å². The Bertz CT molecular complexity index is 1490. The molecular formula is C34H40FN3. The number of halogens is 1. The molecule has 198 valence electrons. The lowest BCUT2D eigenvalue weighted by Gasteiger charge is -2.43. The molecule has 6 rings (SSSR count). The van der Waals surface area contributed by atoms with Crippen molar-refractivity contribution < 1.29 is 4.39 Å². The van der Waals surface area contributed by atoms with Gasteiger partial charge in [-0.3, -0.25) is 0 Å². The van der Waals surface area contributed by atoms with Crippen LogP contribution in [0.2, 0.25) is 0 Å². The Balaban J connectivity index is 1.56. The summed E-state index contributed by atoms with van der Waals surface area (Å²) in [6, 6.07) is 1.80. The third kappa shape index (κ3) is 3.48. The average Bonchev–Trinajstić information content (AvgIpc) is 3.27. The molecule has 0 saturated heterocycles. The van der Waals surface area contributed by atoms with Crippen LogP contribution in [0.3, 0.4) is 0 Å². The van der Waals surface area contributed by atoms with E-state index in [4.69, 9.17) is 4.98 Å². The Morgan fingerprint density at radius 2 is 2.00 bits per heavy atom. The number of pyridine rings is 1. The second-order valence-corrected chi connectivity index (χ2v) is 11.9. The maximum absolute atomic E-state index is 15.1. The molecule has 2 aliphatic carbocycles. The molecule has 0 spiro atoms. The lowest BCUT2D eigenvalue weighted by Crippen LogP contribution is -2.31. The normalized spacial score (nSPS) is 23.9. The second-order valence-electron chi connectivity index (χ2n) is 11.9. The van der Waals surface area contributed by atoms with E-state index < -0.39 is 0 Å². The molecule has 3 heterocycles. The lowest BCUT2D eigenvalue weighted by molar-refractivity contribution is 0.412. The quantitative estimate of drug-likeness (QED) is 0.395. The molecule has 38 heavy (non-hydrogen) atoms. The number of allylic oxidation sites excluding steroid dienone is 5. The molecule has 2 aromatic rings. The van der Waals surface area contributed by atoms with Gasteiger partial charge in [-0.1, -0.05) is 52.5 Å². The Labute approximate surface area is 226 Å². The molecule has 1 aromatic carbocycles. The second kappa shape index (κ2) is 8.97. The van der Waals surface area contributed by atoms with Crippen molar-refractivity contribution in [3.63, 3.8) is 0 Å². The molecule has 0 bridgehead atoms. The van der Waals surface area contributed by atoms with Crippen molar-refractivity contribution in [3.05, 3.63) is 93.8 Å². The number of benzene rings is 1. The lowest BCUT2D eigenvalue weighted by atomic mass is 9.65. The molecule has 0 radical (unpaired) electrons. The summed E-state index contributed by atoms with van der Waals surface area (Å²) in [6.45, 7) is 22.9. The van der Waals surface area contributed by atoms with E-state index >= 15 is 4.39 Å². The summed E-state index contributed by atoms with van der Waals surface area (Å²) in [5, 5.41) is 4.93. The Kier molecular flexibility index (Phi) is 5.93. The zero-order valence-electron chi connectivity index (χ0n) is 23.5. The number of unbranched alkanes of at least 4 members (excludes halogenated alkanes) is 1. The average molecular weight is 510 g/mol. The molecule has 0 fully saturated rings. The highest BCUT2D eigenvalue weighted by Crippen LogP contribution is 2.55. The van der Waals surface area contributed by atoms with Crippen LogP contribution >= 0.6 is 0 Å². The highest BCUT2D eigenvalue weighted by Gasteiger charge is 2.43. The van der Waals surface area contributed by atoms with Crippen LogP contribution in [0.4, 0.5) is 4.39 Å². The van der Waals surface area contributed by atoms with Gasteiger partial charge in [0.1, 0.15) is 5.82 Å². The number of nitrogens with zero attached hydrogens (tertiary/aromatic N) is 2. The number of aryl methyl sites for hydroxylation is 1. The van der Waals surface area contributed by atoms with Crippen LogP contribution in [-0.2, 0) is 13.0 Å². The minimum Gasteiger partial charge on any atom is -0.382 e. The summed E-state index contributed by atoms with van der Waals surface area (Å²) < 4.78 is 15.1. The molecule has 1 N–H and O–H groups in total. The van der Waals surface area contributed by atoms with Crippen LogP contribution in [-0.4, -0.2) is 9.88 Å². The van der Waals surface area contributed by atoms with Crippen molar-refractivity contribution >= 4 is 16.6 Å². The van der Waals surface area contributed by atoms with Crippen molar-refractivity contribution in [3.8, 4) is 0 Å². The summed E-state index contributed by atoms with van der Waals surface area (Å²) in [6.07, 6.45) is 10.4. The minimum atomic E-state index is -0.159. The van der Waals surface area contributed by atoms with Crippen LogP contribution in [0, 0.1) is 18.2 Å². The van der Waals surface area contributed by atoms with E-state index in [9.17, 15) is 0 Å². The number of nitrogens with one attached hydrogen (secondary N) is 1. The van der Waals surface area contributed by atoms with Crippen LogP contribution in [0.1, 0.15) is 99.7 Å². The number of rotatable bonds is 6. The number of hydrogen-bond donors (Lipinski definition) is 1. The predicted octanol–water partition coefficient (Wildman–Crippen LogP) is 8.71. The fourth-order valence-electron chi connectivity index (χ4n) is 7.25. The van der Waals surface area contributed by atoms with Gasteiger partial charge in [0.15, 0.2) is 0 Å². The van der Waals surface area contributed by atoms with Crippen molar-refractivity contribution in [2.45, 2.75) is 91.6 Å². The van der Waals surface area contributed by atoms with E-state index in [-0.39, 0.29) is 17.3 Å². The molecule has 2 atom stereocenters. The van der Waals surface area contributed by atoms with Gasteiger partial charge >= 0.3 is 0 Å². The topological polar surface area (TPSA) is 28.2 Å². The van der Waals surface area contributed by atoms with Gasteiger partial charge in [-0.05, 0) is 85.8 Å². The van der Waals surface area contributed by atoms with Crippen LogP contribution in [0.25, 0.3) is 16.6 Å². The number of aromatic nitrogens is 1. The molecular weight excluding hydrogens is 469 g/mol. The zero-order chi connectivity index (χ0) is 26.9. The van der Waals surface area contributed by atoms with Gasteiger partial charge < -0.3 is 10.2 Å². The van der Waals surface area contributed by atoms with Gasteiger partial charge in [0.05, 0.1) is 29.5 Å². The zero-order valence-corrected chi connectivity index (χ0v) is 23.5. The van der Waals surface area contributed by atoms with Gasteiger partial charge in [-0.2, -0.15) is 0 Å². The largest absolute Gasteiger partial charge is 0.382 e. The first-order chi connectivity index (χ1) is 18.2. The molecule has 4 heteroatoms. The van der Waals surface area contributed by atoms with Gasteiger partial charge in [-0.25, -0.2) is 9.37 Å². The van der Waals surface area contributed by atoms with Gasteiger partial charge in [-0.15, -0.1) is 0 Å². The number of fused-ring (bicyclic) bond motifs is 4. The Morgan fingerprint density at radius 1 is 1.21 bits per heavy atom. The Hall–Kier alpha value is -3.14. The van der Waals surface area contributed by atoms with Gasteiger partial charge in [0.25, 0.3) is 0 Å². The first-order valence-corrected chi connectivity index (χ1v) is 14.4. The summed E-state index contributed by atoms with van der Waals surface area (Å²) in [4.78, 5) is 7.54. The monoisotopic (exact) mass is 509 g/mol. The first kappa shape index (κ1) is 25.2. The molecule has 0 amide bonds. The highest BCUT2D eigenvalue weighted by molar-refractivity contribution is 5.93. The van der Waals surface area contributed by atoms with Crippen LogP contribution in [0.5, 0.6) is 0 Å². The summed E-state index contributed by atoms with van der Waals surface area (Å²) in [5.74, 6) is -0.159. The maximum atomic E-state index is 15.1. The molecule has 2 aliphatic heterocycles. The fourth-order valence-corrected chi connectivity index (χ4v) is 7.25. The molecule has 4 aliphatic rings. The molecule has 2 unspecified atom stereocenters. The number of hydrogen-bond acceptors (Lipinski definition) is 3. The summed E-state index contributed by atoms with van der Waals surface area (Å²) >= 11 is 0. The van der Waals surface area contributed by atoms with Crippen molar-refractivity contribution in [1.82, 2.24) is 15.2 Å². The summed E-state index contributed by atoms with van der Waals surface area (Å²) in [5.41, 5.74) is 13.4. The van der Waals surface area contributed by atoms with E-state index in [1.54, 1.807) is 6.07 Å². The van der Waals surface area contributed by atoms with Crippen molar-refractivity contribution in [2.24, 2.45) is 5.41 Å². The maximum Gasteiger partial charge on any atom is 0.128 e. The predicted molar refractivity (Wildman–Crippen MR) is 156 cm³/mol. The third-order valence-electron chi connectivity index (χ3n) is 9.88. The van der Waals surface area contributed by atoms with Crippen molar-refractivity contribution in [1.29, 1.82) is 0 Å². The molecule has 3 nitrogen and oxygen atoms in total. The van der Waals surface area contributed by atoms with Crippen molar-refractivity contribution in [2.75, 3.05) is 0 Å². The van der Waals surface area contributed by atoms with Crippen LogP contribution in [0.15, 0.2) is 60.0 Å².